The Morgan fingerprint density at radius 3 is 1.41 bits per heavy atom. The molecular formula is C67H76BN3. The predicted octanol–water partition coefficient (Wildman–Crippen LogP) is 16.8. The van der Waals surface area contributed by atoms with Crippen molar-refractivity contribution in [3.63, 3.8) is 0 Å². The summed E-state index contributed by atoms with van der Waals surface area (Å²) in [5.74, 6) is 0. The number of nitrogens with zero attached hydrogens (tertiary/aromatic N) is 3. The van der Waals surface area contributed by atoms with Crippen molar-refractivity contribution in [1.29, 1.82) is 0 Å². The molecule has 0 radical (unpaired) electrons. The van der Waals surface area contributed by atoms with E-state index in [1.165, 1.54) is 95.9 Å². The van der Waals surface area contributed by atoms with Gasteiger partial charge >= 0.3 is 0 Å². The first-order chi connectivity index (χ1) is 33.4. The van der Waals surface area contributed by atoms with Gasteiger partial charge in [0.25, 0.3) is 6.71 Å². The lowest BCUT2D eigenvalue weighted by Crippen LogP contribution is -2.62. The van der Waals surface area contributed by atoms with E-state index in [1.54, 1.807) is 0 Å². The van der Waals surface area contributed by atoms with Gasteiger partial charge in [0.05, 0.1) is 5.69 Å². The van der Waals surface area contributed by atoms with Crippen molar-refractivity contribution in [1.82, 2.24) is 0 Å². The van der Waals surface area contributed by atoms with Crippen LogP contribution in [0.3, 0.4) is 0 Å². The van der Waals surface area contributed by atoms with Crippen LogP contribution in [0.2, 0.25) is 0 Å². The SMILES string of the molecule is Cc1cc(C(C)(C)C)ccc1N1c2ccc(C(C)(C)C)cc2B2c3cc4c(cc3N(c3ccc5c(c3)C(C)(C)CCC5(C)C)c3cc(N(c5ccccc5)c5ccccc5)cc1c32)C(C)(C)CCC4(C)C. The number of hydrogen-bond donors (Lipinski definition) is 0. The molecule has 0 saturated carbocycles. The minimum atomic E-state index is -0.0436. The maximum atomic E-state index is 2.71. The Hall–Kier alpha value is -6.00. The minimum Gasteiger partial charge on any atom is -0.311 e. The molecule has 0 atom stereocenters. The standard InChI is InChI=1S/C67H76BN3/c1-43-36-44(62(2,3)4)26-30-56(43)71-57-31-27-45(63(5,6)7)37-54(57)68-55-41-52-53(67(14,15)35-34-66(52,12)13)42-58(55)70(48-28-29-50-51(38-48)65(10,11)33-32-64(50,8)9)59-39-49(40-60(71)61(59)68)69(46-22-18-16-19-23-46)47-24-20-17-21-25-47/h16-31,36-42H,32-35H2,1-15H3. The summed E-state index contributed by atoms with van der Waals surface area (Å²) in [4.78, 5) is 7.83. The first-order valence-electron chi connectivity index (χ1n) is 26.6. The first kappa shape index (κ1) is 47.3. The maximum Gasteiger partial charge on any atom is 0.252 e. The van der Waals surface area contributed by atoms with Gasteiger partial charge in [-0.1, -0.05) is 170 Å². The van der Waals surface area contributed by atoms with E-state index in [9.17, 15) is 0 Å². The van der Waals surface area contributed by atoms with Gasteiger partial charge in [-0.05, 0) is 187 Å². The van der Waals surface area contributed by atoms with E-state index in [4.69, 9.17) is 0 Å². The van der Waals surface area contributed by atoms with Gasteiger partial charge in [-0.2, -0.15) is 0 Å². The van der Waals surface area contributed by atoms with Crippen LogP contribution in [0, 0.1) is 6.92 Å². The van der Waals surface area contributed by atoms with Gasteiger partial charge in [0.1, 0.15) is 0 Å². The molecule has 7 aromatic rings. The number of anilines is 9. The van der Waals surface area contributed by atoms with Crippen molar-refractivity contribution in [2.45, 2.75) is 162 Å². The number of para-hydroxylation sites is 2. The average Bonchev–Trinajstić information content (AvgIpc) is 3.31. The highest BCUT2D eigenvalue weighted by Gasteiger charge is 2.48. The van der Waals surface area contributed by atoms with Crippen molar-refractivity contribution in [2.75, 3.05) is 14.7 Å². The Labute approximate surface area is 427 Å². The summed E-state index contributed by atoms with van der Waals surface area (Å²) in [5.41, 5.74) is 25.1. The van der Waals surface area contributed by atoms with Crippen molar-refractivity contribution in [3.8, 4) is 0 Å². The molecule has 0 unspecified atom stereocenters. The molecule has 0 fully saturated rings. The zero-order chi connectivity index (χ0) is 50.4. The number of benzene rings is 7. The summed E-state index contributed by atoms with van der Waals surface area (Å²) in [6, 6.07) is 54.6. The molecule has 0 bridgehead atoms. The van der Waals surface area contributed by atoms with Crippen LogP contribution < -0.4 is 31.1 Å². The van der Waals surface area contributed by atoms with Crippen LogP contribution in [0.15, 0.2) is 140 Å². The van der Waals surface area contributed by atoms with Crippen LogP contribution in [0.5, 0.6) is 0 Å². The molecule has 2 aliphatic carbocycles. The number of fused-ring (bicyclic) bond motifs is 6. The second-order valence-electron chi connectivity index (χ2n) is 26.5. The molecular weight excluding hydrogens is 858 g/mol. The zero-order valence-corrected chi connectivity index (χ0v) is 45.5. The van der Waals surface area contributed by atoms with Crippen molar-refractivity contribution in [2.24, 2.45) is 0 Å². The van der Waals surface area contributed by atoms with Gasteiger partial charge in [-0.3, -0.25) is 0 Å². The Balaban J connectivity index is 1.32. The Kier molecular flexibility index (Phi) is 10.7. The quantitative estimate of drug-likeness (QED) is 0.159. The fourth-order valence-corrected chi connectivity index (χ4v) is 12.9. The molecule has 4 aliphatic rings. The lowest BCUT2D eigenvalue weighted by Gasteiger charge is -2.48. The van der Waals surface area contributed by atoms with Crippen LogP contribution >= 0.6 is 0 Å². The molecule has 4 heteroatoms. The molecule has 0 aromatic heterocycles. The summed E-state index contributed by atoms with van der Waals surface area (Å²) < 4.78 is 0. The molecule has 2 heterocycles. The van der Waals surface area contributed by atoms with Crippen LogP contribution in [0.1, 0.15) is 162 Å². The highest BCUT2D eigenvalue weighted by Crippen LogP contribution is 2.54. The molecule has 0 saturated heterocycles. The van der Waals surface area contributed by atoms with Crippen molar-refractivity contribution < 1.29 is 0 Å². The van der Waals surface area contributed by atoms with E-state index in [0.29, 0.717) is 0 Å². The normalized spacial score (nSPS) is 17.9. The van der Waals surface area contributed by atoms with Gasteiger partial charge in [0, 0.05) is 45.5 Å². The third-order valence-electron chi connectivity index (χ3n) is 17.6. The third kappa shape index (κ3) is 7.68. The second-order valence-corrected chi connectivity index (χ2v) is 26.5. The van der Waals surface area contributed by atoms with Crippen LogP contribution in [0.25, 0.3) is 0 Å². The monoisotopic (exact) mass is 934 g/mol. The average molecular weight is 934 g/mol. The lowest BCUT2D eigenvalue weighted by atomic mass is 9.33. The summed E-state index contributed by atoms with van der Waals surface area (Å²) in [6.45, 7) is 36.2. The molecule has 2 aliphatic heterocycles. The van der Waals surface area contributed by atoms with Crippen molar-refractivity contribution >= 4 is 74.3 Å². The molecule has 7 aromatic carbocycles. The maximum absolute atomic E-state index is 2.71. The second kappa shape index (κ2) is 16.0. The lowest BCUT2D eigenvalue weighted by molar-refractivity contribution is 0.332. The Bertz CT molecular complexity index is 3210. The topological polar surface area (TPSA) is 9.72 Å². The van der Waals surface area contributed by atoms with Gasteiger partial charge in [-0.25, -0.2) is 0 Å². The molecule has 0 N–H and O–H groups in total. The molecule has 3 nitrogen and oxygen atoms in total. The zero-order valence-electron chi connectivity index (χ0n) is 45.5. The summed E-state index contributed by atoms with van der Waals surface area (Å²) in [5, 5.41) is 0. The number of aryl methyl sites for hydroxylation is 1. The van der Waals surface area contributed by atoms with E-state index in [0.717, 1.165) is 36.3 Å². The Morgan fingerprint density at radius 2 is 0.873 bits per heavy atom. The smallest absolute Gasteiger partial charge is 0.252 e. The summed E-state index contributed by atoms with van der Waals surface area (Å²) in [7, 11) is 0. The first-order valence-corrected chi connectivity index (χ1v) is 26.6. The molecule has 0 spiro atoms. The van der Waals surface area contributed by atoms with E-state index in [1.807, 2.05) is 0 Å². The molecule has 362 valence electrons. The largest absolute Gasteiger partial charge is 0.311 e. The number of rotatable bonds is 5. The van der Waals surface area contributed by atoms with Gasteiger partial charge in [-0.15, -0.1) is 0 Å². The van der Waals surface area contributed by atoms with Gasteiger partial charge in [0.2, 0.25) is 0 Å². The van der Waals surface area contributed by atoms with Crippen LogP contribution in [-0.2, 0) is 32.5 Å². The van der Waals surface area contributed by atoms with Crippen molar-refractivity contribution in [3.05, 3.63) is 178 Å². The molecule has 0 amide bonds. The Morgan fingerprint density at radius 1 is 0.408 bits per heavy atom. The highest BCUT2D eigenvalue weighted by atomic mass is 15.2. The van der Waals surface area contributed by atoms with E-state index in [-0.39, 0.29) is 39.2 Å². The summed E-state index contributed by atoms with van der Waals surface area (Å²) >= 11 is 0. The highest BCUT2D eigenvalue weighted by molar-refractivity contribution is 7.00. The minimum absolute atomic E-state index is 0.0101. The van der Waals surface area contributed by atoms with Gasteiger partial charge in [0.15, 0.2) is 0 Å². The van der Waals surface area contributed by atoms with E-state index < -0.39 is 0 Å². The van der Waals surface area contributed by atoms with Crippen LogP contribution in [0.4, 0.5) is 51.2 Å². The number of hydrogen-bond acceptors (Lipinski definition) is 3. The molecule has 11 rings (SSSR count). The predicted molar refractivity (Wildman–Crippen MR) is 308 cm³/mol. The fourth-order valence-electron chi connectivity index (χ4n) is 12.9. The van der Waals surface area contributed by atoms with Gasteiger partial charge < -0.3 is 14.7 Å². The molecule has 71 heavy (non-hydrogen) atoms. The fraction of sp³-hybridized carbons (Fsp3) is 0.373. The van der Waals surface area contributed by atoms with E-state index >= 15 is 0 Å². The summed E-state index contributed by atoms with van der Waals surface area (Å²) in [6.07, 6.45) is 4.67. The van der Waals surface area contributed by atoms with Crippen LogP contribution in [-0.4, -0.2) is 6.71 Å². The third-order valence-corrected chi connectivity index (χ3v) is 17.6. The van der Waals surface area contributed by atoms with E-state index in [2.05, 4.69) is 258 Å².